The molecule has 0 radical (unpaired) electrons. The van der Waals surface area contributed by atoms with Gasteiger partial charge in [0, 0.05) is 25.1 Å². The number of aliphatic carboxylic acids is 2. The highest BCUT2D eigenvalue weighted by Gasteiger charge is 2.38. The summed E-state index contributed by atoms with van der Waals surface area (Å²) in [4.78, 5) is 30.2. The van der Waals surface area contributed by atoms with Crippen LogP contribution in [0.3, 0.4) is 0 Å². The van der Waals surface area contributed by atoms with Gasteiger partial charge in [0.15, 0.2) is 5.82 Å². The number of nitrogens with one attached hydrogen (secondary N) is 1. The van der Waals surface area contributed by atoms with E-state index in [9.17, 15) is 23.1 Å². The summed E-state index contributed by atoms with van der Waals surface area (Å²) in [5, 5.41) is 24.5. The smallest absolute Gasteiger partial charge is 0.481 e. The van der Waals surface area contributed by atoms with Gasteiger partial charge < -0.3 is 24.8 Å². The monoisotopic (exact) mass is 612 g/mol. The number of aromatic nitrogens is 3. The Labute approximate surface area is 250 Å². The van der Waals surface area contributed by atoms with Crippen LogP contribution in [0.15, 0.2) is 71.3 Å². The number of nitrogens with zero attached hydrogens (tertiary/aromatic N) is 3. The number of fused-ring (bicyclic) bond motifs is 1. The number of pyridine rings is 1. The summed E-state index contributed by atoms with van der Waals surface area (Å²) in [7, 11) is 0. The predicted molar refractivity (Wildman–Crippen MR) is 153 cm³/mol. The molecule has 0 bridgehead atoms. The van der Waals surface area contributed by atoms with Gasteiger partial charge in [-0.05, 0) is 73.6 Å². The maximum atomic E-state index is 12.0. The second-order valence-corrected chi connectivity index (χ2v) is 10.0. The number of carboxylic acids is 2. The zero-order valence-corrected chi connectivity index (χ0v) is 23.6. The van der Waals surface area contributed by atoms with Crippen LogP contribution < -0.4 is 10.1 Å². The van der Waals surface area contributed by atoms with Crippen molar-refractivity contribution in [3.05, 3.63) is 95.3 Å². The summed E-state index contributed by atoms with van der Waals surface area (Å²) >= 11 is 0. The van der Waals surface area contributed by atoms with E-state index in [1.807, 2.05) is 42.5 Å². The molecule has 0 saturated heterocycles. The van der Waals surface area contributed by atoms with Crippen molar-refractivity contribution in [1.29, 1.82) is 0 Å². The minimum atomic E-state index is -5.08. The van der Waals surface area contributed by atoms with Gasteiger partial charge in [-0.1, -0.05) is 41.6 Å². The molecule has 3 heterocycles. The Hall–Kier alpha value is -4.94. The predicted octanol–water partition coefficient (Wildman–Crippen LogP) is 6.22. The van der Waals surface area contributed by atoms with Crippen LogP contribution in [-0.4, -0.2) is 50.0 Å². The summed E-state index contributed by atoms with van der Waals surface area (Å²) in [5.41, 5.74) is 3.01. The summed E-state index contributed by atoms with van der Waals surface area (Å²) in [6.07, 6.45) is 0.242. The summed E-state index contributed by atoms with van der Waals surface area (Å²) < 4.78 is 43.0. The Kier molecular flexibility index (Phi) is 10.9. The van der Waals surface area contributed by atoms with Crippen molar-refractivity contribution in [2.75, 3.05) is 11.9 Å². The number of anilines is 1. The van der Waals surface area contributed by atoms with Crippen LogP contribution in [0.2, 0.25) is 0 Å². The number of alkyl halides is 3. The molecule has 2 aromatic carbocycles. The average molecular weight is 613 g/mol. The average Bonchev–Trinajstić information content (AvgIpc) is 3.45. The lowest BCUT2D eigenvalue weighted by atomic mass is 9.94. The molecule has 1 aliphatic heterocycles. The summed E-state index contributed by atoms with van der Waals surface area (Å²) in [6, 6.07) is 20.9. The molecule has 10 nitrogen and oxygen atoms in total. The lowest BCUT2D eigenvalue weighted by Gasteiger charge is -2.17. The minimum absolute atomic E-state index is 0.345. The molecular formula is C31H31F3N4O6. The van der Waals surface area contributed by atoms with Crippen LogP contribution in [0, 0.1) is 0 Å². The fourth-order valence-electron chi connectivity index (χ4n) is 4.55. The van der Waals surface area contributed by atoms with Gasteiger partial charge in [-0.25, -0.2) is 9.78 Å². The van der Waals surface area contributed by atoms with E-state index in [2.05, 4.69) is 27.6 Å². The van der Waals surface area contributed by atoms with Crippen LogP contribution in [0.1, 0.15) is 53.7 Å². The van der Waals surface area contributed by atoms with Gasteiger partial charge in [0.25, 0.3) is 0 Å². The number of hydrogen-bond donors (Lipinski definition) is 3. The molecule has 1 unspecified atom stereocenters. The first-order valence-electron chi connectivity index (χ1n) is 14.0. The number of benzene rings is 2. The van der Waals surface area contributed by atoms with Crippen molar-refractivity contribution in [1.82, 2.24) is 15.1 Å². The lowest BCUT2D eigenvalue weighted by molar-refractivity contribution is -0.192. The van der Waals surface area contributed by atoms with E-state index in [1.165, 1.54) is 5.56 Å². The molecule has 232 valence electrons. The molecule has 3 N–H and O–H groups in total. The molecule has 5 rings (SSSR count). The van der Waals surface area contributed by atoms with Gasteiger partial charge in [0.1, 0.15) is 17.3 Å². The van der Waals surface area contributed by atoms with E-state index in [0.717, 1.165) is 43.7 Å². The number of carboxylic acid groups (broad SMARTS) is 2. The molecule has 2 aromatic heterocycles. The molecule has 44 heavy (non-hydrogen) atoms. The van der Waals surface area contributed by atoms with Crippen LogP contribution in [0.25, 0.3) is 0 Å². The number of ether oxygens (including phenoxy) is 1. The second-order valence-electron chi connectivity index (χ2n) is 10.0. The normalized spacial score (nSPS) is 13.1. The van der Waals surface area contributed by atoms with E-state index in [1.54, 1.807) is 12.1 Å². The fourth-order valence-corrected chi connectivity index (χ4v) is 4.55. The number of aryl methyl sites for hydroxylation is 4. The number of carbonyl (C=O) groups is 2. The highest BCUT2D eigenvalue weighted by molar-refractivity contribution is 5.76. The van der Waals surface area contributed by atoms with Crippen LogP contribution in [-0.2, 0) is 35.3 Å². The number of para-hydroxylation sites is 1. The van der Waals surface area contributed by atoms with E-state index in [-0.39, 0.29) is 0 Å². The molecule has 0 fully saturated rings. The Morgan fingerprint density at radius 2 is 1.70 bits per heavy atom. The molecule has 0 saturated carbocycles. The van der Waals surface area contributed by atoms with Crippen LogP contribution in [0.4, 0.5) is 19.0 Å². The second kappa shape index (κ2) is 15.0. The van der Waals surface area contributed by atoms with Gasteiger partial charge in [-0.2, -0.15) is 18.2 Å². The third-order valence-corrected chi connectivity index (χ3v) is 6.72. The van der Waals surface area contributed by atoms with Crippen molar-refractivity contribution in [2.45, 2.75) is 57.0 Å². The van der Waals surface area contributed by atoms with Gasteiger partial charge in [-0.15, -0.1) is 0 Å². The molecule has 0 spiro atoms. The van der Waals surface area contributed by atoms with Gasteiger partial charge >= 0.3 is 18.1 Å². The fraction of sp³-hybridized carbons (Fsp3) is 0.323. The molecule has 1 atom stereocenters. The first kappa shape index (κ1) is 32.0. The molecule has 0 amide bonds. The van der Waals surface area contributed by atoms with Crippen molar-refractivity contribution in [3.63, 3.8) is 0 Å². The Balaban J connectivity index is 0.000000566. The zero-order chi connectivity index (χ0) is 31.5. The molecule has 0 aliphatic carbocycles. The number of hydrogen-bond acceptors (Lipinski definition) is 8. The van der Waals surface area contributed by atoms with Gasteiger partial charge in [0.05, 0.1) is 5.92 Å². The van der Waals surface area contributed by atoms with E-state index in [4.69, 9.17) is 24.1 Å². The van der Waals surface area contributed by atoms with Crippen molar-refractivity contribution in [2.24, 2.45) is 0 Å². The highest BCUT2D eigenvalue weighted by atomic mass is 19.4. The number of rotatable bonds is 11. The Morgan fingerprint density at radius 3 is 2.43 bits per heavy atom. The molecule has 4 aromatic rings. The maximum Gasteiger partial charge on any atom is 0.490 e. The lowest BCUT2D eigenvalue weighted by Crippen LogP contribution is -2.21. The quantitative estimate of drug-likeness (QED) is 0.178. The van der Waals surface area contributed by atoms with Crippen LogP contribution in [0.5, 0.6) is 11.5 Å². The van der Waals surface area contributed by atoms with Crippen molar-refractivity contribution < 1.29 is 42.2 Å². The third-order valence-electron chi connectivity index (χ3n) is 6.72. The standard InChI is InChI=1S/C29H30N4O4.C2HF3O2/c34-29(35)25(21-7-4-12-24(19-21)36-23-10-2-1-3-11-23)16-17-27-32-26(33-37-27)13-5-9-22-15-14-20-8-6-18-30-28(20)31-22;3-2(4,5)1(6)7/h1-4,7,10-12,14-15,19,25H,5-6,8-9,13,16-18H2,(H,30,31)(H,34,35);(H,6,7). The summed E-state index contributed by atoms with van der Waals surface area (Å²) in [6.45, 7) is 0.977. The van der Waals surface area contributed by atoms with E-state index < -0.39 is 24.0 Å². The number of halogens is 3. The summed E-state index contributed by atoms with van der Waals surface area (Å²) in [5.74, 6) is -0.973. The zero-order valence-electron chi connectivity index (χ0n) is 23.6. The van der Waals surface area contributed by atoms with Crippen LogP contribution >= 0.6 is 0 Å². The first-order valence-corrected chi connectivity index (χ1v) is 14.0. The largest absolute Gasteiger partial charge is 0.490 e. The molecular weight excluding hydrogens is 581 g/mol. The van der Waals surface area contributed by atoms with Gasteiger partial charge in [0.2, 0.25) is 5.89 Å². The van der Waals surface area contributed by atoms with Crippen molar-refractivity contribution in [3.8, 4) is 11.5 Å². The van der Waals surface area contributed by atoms with E-state index in [0.29, 0.717) is 48.0 Å². The maximum absolute atomic E-state index is 12.0. The molecule has 1 aliphatic rings. The topological polar surface area (TPSA) is 148 Å². The molecule has 13 heteroatoms. The minimum Gasteiger partial charge on any atom is -0.481 e. The third kappa shape index (κ3) is 9.54. The van der Waals surface area contributed by atoms with Crippen molar-refractivity contribution >= 4 is 17.8 Å². The SMILES string of the molecule is O=C(O)C(CCc1nc(CCCc2ccc3c(n2)NCCC3)no1)c1cccc(Oc2ccccc2)c1.O=C(O)C(F)(F)F. The highest BCUT2D eigenvalue weighted by Crippen LogP contribution is 2.28. The van der Waals surface area contributed by atoms with Gasteiger partial charge in [-0.3, -0.25) is 4.79 Å². The Morgan fingerprint density at radius 1 is 0.955 bits per heavy atom. The van der Waals surface area contributed by atoms with E-state index >= 15 is 0 Å². The first-order chi connectivity index (χ1) is 21.1. The Bertz CT molecular complexity index is 1540.